The van der Waals surface area contributed by atoms with Crippen molar-refractivity contribution in [3.8, 4) is 0 Å². The zero-order valence-corrected chi connectivity index (χ0v) is 16.8. The molecule has 4 rings (SSSR count). The first-order valence-electron chi connectivity index (χ1n) is 10.3. The first kappa shape index (κ1) is 19.4. The number of ketones is 4. The highest BCUT2D eigenvalue weighted by Gasteiger charge is 2.65. The summed E-state index contributed by atoms with van der Waals surface area (Å²) < 4.78 is 0. The number of Topliss-reactive ketones (excluding diaryl/α,β-unsaturated/α-hetero) is 3. The second-order valence-electron chi connectivity index (χ2n) is 9.50. The molecule has 4 aliphatic carbocycles. The zero-order chi connectivity index (χ0) is 20.4. The summed E-state index contributed by atoms with van der Waals surface area (Å²) in [6.45, 7) is 5.26. The Bertz CT molecular complexity index is 849. The lowest BCUT2D eigenvalue weighted by atomic mass is 9.46. The number of hydrogen-bond donors (Lipinski definition) is 1. The Morgan fingerprint density at radius 2 is 2.00 bits per heavy atom. The molecule has 0 saturated heterocycles. The number of aliphatic hydroxyl groups excluding tert-OH is 1. The molecule has 0 spiro atoms. The molecule has 3 fully saturated rings. The van der Waals surface area contributed by atoms with Gasteiger partial charge in [0, 0.05) is 18.3 Å². The van der Waals surface area contributed by atoms with Gasteiger partial charge in [0.2, 0.25) is 0 Å². The van der Waals surface area contributed by atoms with Crippen molar-refractivity contribution in [2.24, 2.45) is 34.5 Å². The Balaban J connectivity index is 1.80. The number of fused-ring (bicyclic) bond motifs is 5. The fourth-order valence-corrected chi connectivity index (χ4v) is 7.08. The number of carbonyl (C=O) groups is 4. The van der Waals surface area contributed by atoms with Gasteiger partial charge >= 0.3 is 0 Å². The lowest BCUT2D eigenvalue weighted by molar-refractivity contribution is -0.155. The fourth-order valence-electron chi connectivity index (χ4n) is 7.08. The molecule has 150 valence electrons. The topological polar surface area (TPSA) is 88.5 Å². The number of rotatable bonds is 2. The van der Waals surface area contributed by atoms with Gasteiger partial charge in [0.05, 0.1) is 11.8 Å². The summed E-state index contributed by atoms with van der Waals surface area (Å²) in [5.41, 5.74) is 0.436. The van der Waals surface area contributed by atoms with Gasteiger partial charge in [-0.25, -0.2) is 0 Å². The van der Waals surface area contributed by atoms with Crippen LogP contribution in [0.25, 0.3) is 0 Å². The van der Waals surface area contributed by atoms with Crippen LogP contribution in [0.3, 0.4) is 0 Å². The molecule has 1 N–H and O–H groups in total. The van der Waals surface area contributed by atoms with Crippen molar-refractivity contribution in [2.75, 3.05) is 6.61 Å². The van der Waals surface area contributed by atoms with E-state index in [1.807, 2.05) is 26.8 Å². The van der Waals surface area contributed by atoms with Crippen LogP contribution < -0.4 is 0 Å². The van der Waals surface area contributed by atoms with Crippen LogP contribution in [0.2, 0.25) is 0 Å². The molecule has 0 heterocycles. The van der Waals surface area contributed by atoms with E-state index in [4.69, 9.17) is 0 Å². The molecule has 4 aliphatic rings. The van der Waals surface area contributed by atoms with Crippen molar-refractivity contribution in [1.29, 1.82) is 0 Å². The van der Waals surface area contributed by atoms with Crippen LogP contribution in [-0.4, -0.2) is 34.8 Å². The van der Waals surface area contributed by atoms with Crippen molar-refractivity contribution in [3.05, 3.63) is 23.3 Å². The Morgan fingerprint density at radius 3 is 2.64 bits per heavy atom. The van der Waals surface area contributed by atoms with Gasteiger partial charge in [-0.05, 0) is 56.4 Å². The third-order valence-electron chi connectivity index (χ3n) is 8.31. The van der Waals surface area contributed by atoms with Crippen molar-refractivity contribution in [2.45, 2.75) is 52.9 Å². The third-order valence-corrected chi connectivity index (χ3v) is 8.31. The van der Waals surface area contributed by atoms with E-state index < -0.39 is 29.3 Å². The summed E-state index contributed by atoms with van der Waals surface area (Å²) in [4.78, 5) is 50.9. The first-order valence-corrected chi connectivity index (χ1v) is 10.3. The Kier molecular flexibility index (Phi) is 4.38. The van der Waals surface area contributed by atoms with Crippen molar-refractivity contribution >= 4 is 23.1 Å². The van der Waals surface area contributed by atoms with E-state index in [2.05, 4.69) is 0 Å². The van der Waals surface area contributed by atoms with Gasteiger partial charge < -0.3 is 5.11 Å². The van der Waals surface area contributed by atoms with Crippen molar-refractivity contribution in [3.63, 3.8) is 0 Å². The summed E-state index contributed by atoms with van der Waals surface area (Å²) in [6, 6.07) is 0. The maximum atomic E-state index is 13.5. The van der Waals surface area contributed by atoms with E-state index in [0.29, 0.717) is 6.42 Å². The summed E-state index contributed by atoms with van der Waals surface area (Å²) in [7, 11) is 0. The average molecular weight is 384 g/mol. The smallest absolute Gasteiger partial charge is 0.165 e. The summed E-state index contributed by atoms with van der Waals surface area (Å²) in [5.74, 6) is -1.15. The maximum absolute atomic E-state index is 13.5. The number of allylic oxidation sites excluding steroid dienone is 3. The number of aliphatic hydroxyl groups is 1. The molecule has 5 nitrogen and oxygen atoms in total. The van der Waals surface area contributed by atoms with Gasteiger partial charge in [0.1, 0.15) is 12.4 Å². The standard InChI is InChI=1S/C23H28O5/c1-4-12-7-16-15-6-5-13-8-14(25)9-19(28)23(13,3)21(15)17(26)10-22(16,2)20(12)18(27)11-24/h4,8,15-16,20-21,24H,5-7,9-11H2,1-3H3/t15-,16-,20+,21+,22-,23+/m0/s1. The molecule has 28 heavy (non-hydrogen) atoms. The largest absolute Gasteiger partial charge is 0.389 e. The highest BCUT2D eigenvalue weighted by atomic mass is 16.3. The second kappa shape index (κ2) is 6.31. The van der Waals surface area contributed by atoms with E-state index in [9.17, 15) is 24.3 Å². The molecule has 6 atom stereocenters. The maximum Gasteiger partial charge on any atom is 0.165 e. The van der Waals surface area contributed by atoms with E-state index in [1.54, 1.807) is 6.08 Å². The molecule has 0 aromatic rings. The van der Waals surface area contributed by atoms with Gasteiger partial charge in [-0.3, -0.25) is 19.2 Å². The minimum atomic E-state index is -0.885. The van der Waals surface area contributed by atoms with Gasteiger partial charge in [-0.15, -0.1) is 0 Å². The Morgan fingerprint density at radius 1 is 1.29 bits per heavy atom. The molecule has 0 bridgehead atoms. The molecule has 5 heteroatoms. The minimum Gasteiger partial charge on any atom is -0.389 e. The molecule has 0 aliphatic heterocycles. The monoisotopic (exact) mass is 384 g/mol. The summed E-state index contributed by atoms with van der Waals surface area (Å²) in [5, 5.41) is 9.52. The van der Waals surface area contributed by atoms with E-state index >= 15 is 0 Å². The lowest BCUT2D eigenvalue weighted by Crippen LogP contribution is -2.58. The predicted molar refractivity (Wildman–Crippen MR) is 102 cm³/mol. The first-order chi connectivity index (χ1) is 13.2. The Hall–Kier alpha value is -1.88. The van der Waals surface area contributed by atoms with E-state index in [1.165, 1.54) is 0 Å². The molecular weight excluding hydrogens is 356 g/mol. The molecule has 0 radical (unpaired) electrons. The van der Waals surface area contributed by atoms with Crippen LogP contribution in [0.15, 0.2) is 23.3 Å². The summed E-state index contributed by atoms with van der Waals surface area (Å²) in [6.07, 6.45) is 5.83. The van der Waals surface area contributed by atoms with E-state index in [-0.39, 0.29) is 47.8 Å². The SMILES string of the molecule is CC=C1C[C@H]2[C@@H]3CCC4=CC(=O)CC(=O)[C@]4(C)[C@H]3C(=O)C[C@]2(C)[C@H]1C(=O)CO. The van der Waals surface area contributed by atoms with Gasteiger partial charge in [-0.2, -0.15) is 0 Å². The molecule has 0 unspecified atom stereocenters. The highest BCUT2D eigenvalue weighted by molar-refractivity contribution is 6.12. The van der Waals surface area contributed by atoms with Crippen LogP contribution >= 0.6 is 0 Å². The van der Waals surface area contributed by atoms with Crippen LogP contribution in [0.1, 0.15) is 52.9 Å². The zero-order valence-electron chi connectivity index (χ0n) is 16.8. The number of carbonyl (C=O) groups excluding carboxylic acids is 4. The molecule has 0 amide bonds. The van der Waals surface area contributed by atoms with Crippen LogP contribution in [0.4, 0.5) is 0 Å². The average Bonchev–Trinajstić information content (AvgIpc) is 2.94. The normalized spacial score (nSPS) is 44.1. The second-order valence-corrected chi connectivity index (χ2v) is 9.50. The minimum absolute atomic E-state index is 0.0250. The van der Waals surface area contributed by atoms with Crippen LogP contribution in [0, 0.1) is 34.5 Å². The van der Waals surface area contributed by atoms with Gasteiger partial charge in [0.15, 0.2) is 17.3 Å². The molecule has 0 aromatic carbocycles. The lowest BCUT2D eigenvalue weighted by Gasteiger charge is -2.55. The van der Waals surface area contributed by atoms with Gasteiger partial charge in [0.25, 0.3) is 0 Å². The predicted octanol–water partition coefficient (Wildman–Crippen LogP) is 2.61. The fraction of sp³-hybridized carbons (Fsp3) is 0.652. The molecule has 0 aromatic heterocycles. The highest BCUT2D eigenvalue weighted by Crippen LogP contribution is 2.66. The van der Waals surface area contributed by atoms with Crippen LogP contribution in [-0.2, 0) is 19.2 Å². The van der Waals surface area contributed by atoms with Gasteiger partial charge in [-0.1, -0.05) is 24.1 Å². The van der Waals surface area contributed by atoms with Crippen molar-refractivity contribution in [1.82, 2.24) is 0 Å². The summed E-state index contributed by atoms with van der Waals surface area (Å²) >= 11 is 0. The molecule has 3 saturated carbocycles. The van der Waals surface area contributed by atoms with Crippen molar-refractivity contribution < 1.29 is 24.3 Å². The van der Waals surface area contributed by atoms with Crippen LogP contribution in [0.5, 0.6) is 0 Å². The quantitative estimate of drug-likeness (QED) is 0.584. The number of hydrogen-bond acceptors (Lipinski definition) is 5. The van der Waals surface area contributed by atoms with E-state index in [0.717, 1.165) is 24.0 Å². The Labute approximate surface area is 165 Å². The molecular formula is C23H28O5. The third kappa shape index (κ3) is 2.35.